The van der Waals surface area contributed by atoms with Gasteiger partial charge in [0, 0.05) is 11.3 Å². The average molecular weight is 389 g/mol. The van der Waals surface area contributed by atoms with E-state index in [2.05, 4.69) is 54.6 Å². The Kier molecular flexibility index (Phi) is 5.44. The molecule has 3 rings (SSSR count). The van der Waals surface area contributed by atoms with Crippen molar-refractivity contribution in [3.63, 3.8) is 0 Å². The van der Waals surface area contributed by atoms with Crippen LogP contribution in [0.4, 0.5) is 0 Å². The lowest BCUT2D eigenvalue weighted by Crippen LogP contribution is -2.55. The predicted octanol–water partition coefficient (Wildman–Crippen LogP) is 6.83. The fraction of sp³-hybridized carbons (Fsp3) is 0.792. The van der Waals surface area contributed by atoms with Crippen molar-refractivity contribution < 1.29 is 9.22 Å². The van der Waals surface area contributed by atoms with Gasteiger partial charge in [-0.05, 0) is 82.5 Å². The van der Waals surface area contributed by atoms with Crippen molar-refractivity contribution in [1.29, 1.82) is 0 Å². The minimum Gasteiger partial charge on any atom is -0.413 e. The van der Waals surface area contributed by atoms with Crippen molar-refractivity contribution in [2.45, 2.75) is 104 Å². The first kappa shape index (κ1) is 21.0. The topological polar surface area (TPSA) is 26.3 Å². The summed E-state index contributed by atoms with van der Waals surface area (Å²) in [6, 6.07) is 0. The number of hydrogen-bond acceptors (Lipinski definition) is 2. The summed E-state index contributed by atoms with van der Waals surface area (Å²) in [5.74, 6) is 1.09. The highest BCUT2D eigenvalue weighted by Crippen LogP contribution is 2.59. The second-order valence-electron chi connectivity index (χ2n) is 11.2. The molecule has 0 aromatic carbocycles. The Morgan fingerprint density at radius 1 is 1.19 bits per heavy atom. The van der Waals surface area contributed by atoms with Crippen LogP contribution in [0.3, 0.4) is 0 Å². The molecule has 0 aromatic heterocycles. The summed E-state index contributed by atoms with van der Waals surface area (Å²) >= 11 is 0. The molecule has 2 bridgehead atoms. The normalized spacial score (nSPS) is 34.7. The molecule has 3 aliphatic carbocycles. The number of carbonyl (C=O) groups excluding carboxylic acids is 1. The van der Waals surface area contributed by atoms with E-state index in [1.54, 1.807) is 5.57 Å². The Labute approximate surface area is 168 Å². The molecule has 2 fully saturated rings. The molecule has 0 aromatic rings. The highest BCUT2D eigenvalue weighted by Gasteiger charge is 2.56. The Bertz CT molecular complexity index is 675. The predicted molar refractivity (Wildman–Crippen MR) is 116 cm³/mol. The molecule has 0 N–H and O–H groups in total. The van der Waals surface area contributed by atoms with Crippen molar-refractivity contribution in [3.8, 4) is 0 Å². The van der Waals surface area contributed by atoms with Gasteiger partial charge < -0.3 is 4.43 Å². The molecule has 1 spiro atoms. The van der Waals surface area contributed by atoms with Gasteiger partial charge in [0.1, 0.15) is 0 Å². The molecule has 152 valence electrons. The minimum absolute atomic E-state index is 0.0505. The Morgan fingerprint density at radius 3 is 2.41 bits per heavy atom. The summed E-state index contributed by atoms with van der Waals surface area (Å²) < 4.78 is 7.23. The van der Waals surface area contributed by atoms with Gasteiger partial charge in [0.2, 0.25) is 0 Å². The van der Waals surface area contributed by atoms with E-state index >= 15 is 0 Å². The highest BCUT2D eigenvalue weighted by atomic mass is 28.4. The zero-order valence-electron chi connectivity index (χ0n) is 18.9. The molecule has 3 heteroatoms. The van der Waals surface area contributed by atoms with Gasteiger partial charge in [-0.1, -0.05) is 44.4 Å². The van der Waals surface area contributed by atoms with E-state index in [-0.39, 0.29) is 22.5 Å². The van der Waals surface area contributed by atoms with E-state index in [1.807, 2.05) is 6.08 Å². The van der Waals surface area contributed by atoms with Gasteiger partial charge >= 0.3 is 0 Å². The summed E-state index contributed by atoms with van der Waals surface area (Å²) in [6.45, 7) is 18.5. The van der Waals surface area contributed by atoms with E-state index in [4.69, 9.17) is 4.43 Å². The van der Waals surface area contributed by atoms with Crippen LogP contribution in [-0.4, -0.2) is 20.2 Å². The third-order valence-electron chi connectivity index (χ3n) is 8.15. The number of hydrogen-bond donors (Lipinski definition) is 0. The molecule has 3 aliphatic rings. The van der Waals surface area contributed by atoms with Crippen LogP contribution in [0.2, 0.25) is 18.1 Å². The van der Waals surface area contributed by atoms with Gasteiger partial charge in [0.25, 0.3) is 0 Å². The standard InChI is InChI=1S/C24H40O2Si/c1-16(2)19-10-9-18-11-12-20-13-21(25)17(3)14-24(20,15-19)22(18)26-27(7,8)23(4,5)6/h13,17-18,22H,9-12,14-15H2,1-8H3/t17-,18+,22+,24+/m1/s1. The first-order valence-electron chi connectivity index (χ1n) is 11.0. The molecule has 2 nitrogen and oxygen atoms in total. The first-order valence-corrected chi connectivity index (χ1v) is 13.9. The maximum absolute atomic E-state index is 12.5. The van der Waals surface area contributed by atoms with Crippen molar-refractivity contribution in [2.24, 2.45) is 17.3 Å². The van der Waals surface area contributed by atoms with Gasteiger partial charge in [-0.15, -0.1) is 0 Å². The fourth-order valence-electron chi connectivity index (χ4n) is 5.34. The summed E-state index contributed by atoms with van der Waals surface area (Å²) in [4.78, 5) is 12.5. The monoisotopic (exact) mass is 388 g/mol. The van der Waals surface area contributed by atoms with E-state index in [1.165, 1.54) is 30.4 Å². The smallest absolute Gasteiger partial charge is 0.192 e. The van der Waals surface area contributed by atoms with Crippen LogP contribution in [0.25, 0.3) is 0 Å². The van der Waals surface area contributed by atoms with Crippen molar-refractivity contribution in [1.82, 2.24) is 0 Å². The number of ketones is 1. The van der Waals surface area contributed by atoms with Crippen LogP contribution in [0.5, 0.6) is 0 Å². The number of allylic oxidation sites excluding steroid dienone is 3. The van der Waals surface area contributed by atoms with Gasteiger partial charge in [-0.3, -0.25) is 4.79 Å². The largest absolute Gasteiger partial charge is 0.413 e. The minimum atomic E-state index is -1.88. The maximum Gasteiger partial charge on any atom is 0.192 e. The summed E-state index contributed by atoms with van der Waals surface area (Å²) in [5.41, 5.74) is 4.56. The molecule has 0 amide bonds. The van der Waals surface area contributed by atoms with Gasteiger partial charge in [0.05, 0.1) is 6.10 Å². The Morgan fingerprint density at radius 2 is 1.81 bits per heavy atom. The lowest BCUT2D eigenvalue weighted by molar-refractivity contribution is -0.121. The lowest BCUT2D eigenvalue weighted by Gasteiger charge is -2.54. The van der Waals surface area contributed by atoms with Crippen LogP contribution in [0.15, 0.2) is 22.8 Å². The molecule has 0 unspecified atom stereocenters. The number of rotatable bonds is 2. The first-order chi connectivity index (χ1) is 12.4. The SMILES string of the molecule is CC(C)=C1CC[C@H]2CCC3=CC(=O)[C@H](C)C[C@@]3(C1)[C@H]2O[Si](C)(C)C(C)(C)C. The van der Waals surface area contributed by atoms with Crippen LogP contribution in [-0.2, 0) is 9.22 Å². The average Bonchev–Trinajstić information content (AvgIpc) is 2.62. The van der Waals surface area contributed by atoms with Gasteiger partial charge in [-0.2, -0.15) is 0 Å². The summed E-state index contributed by atoms with van der Waals surface area (Å²) in [6.07, 6.45) is 9.13. The zero-order chi connectivity index (χ0) is 20.2. The molecular weight excluding hydrogens is 348 g/mol. The summed E-state index contributed by atoms with van der Waals surface area (Å²) in [5, 5.41) is 0.212. The zero-order valence-corrected chi connectivity index (χ0v) is 19.9. The highest BCUT2D eigenvalue weighted by molar-refractivity contribution is 6.74. The second kappa shape index (κ2) is 6.98. The third-order valence-corrected chi connectivity index (χ3v) is 12.6. The van der Waals surface area contributed by atoms with Gasteiger partial charge in [0.15, 0.2) is 14.1 Å². The molecular formula is C24H40O2Si. The van der Waals surface area contributed by atoms with E-state index in [0.29, 0.717) is 11.7 Å². The van der Waals surface area contributed by atoms with Crippen molar-refractivity contribution in [2.75, 3.05) is 0 Å². The van der Waals surface area contributed by atoms with E-state index in [0.717, 1.165) is 19.3 Å². The van der Waals surface area contributed by atoms with E-state index in [9.17, 15) is 4.79 Å². The quantitative estimate of drug-likeness (QED) is 0.383. The molecule has 0 saturated heterocycles. The van der Waals surface area contributed by atoms with Crippen LogP contribution in [0.1, 0.15) is 80.1 Å². The van der Waals surface area contributed by atoms with Crippen LogP contribution < -0.4 is 0 Å². The van der Waals surface area contributed by atoms with Crippen LogP contribution in [0, 0.1) is 17.3 Å². The molecule has 0 aliphatic heterocycles. The maximum atomic E-state index is 12.5. The molecule has 0 heterocycles. The Balaban J connectivity index is 2.12. The number of fused-ring (bicyclic) bond motifs is 1. The summed E-state index contributed by atoms with van der Waals surface area (Å²) in [7, 11) is -1.88. The van der Waals surface area contributed by atoms with Crippen LogP contribution >= 0.6 is 0 Å². The molecule has 4 atom stereocenters. The fourth-order valence-corrected chi connectivity index (χ4v) is 6.75. The lowest BCUT2D eigenvalue weighted by atomic mass is 9.57. The number of carbonyl (C=O) groups is 1. The van der Waals surface area contributed by atoms with Crippen molar-refractivity contribution in [3.05, 3.63) is 22.8 Å². The third kappa shape index (κ3) is 3.66. The Hall–Kier alpha value is -0.673. The molecule has 2 saturated carbocycles. The van der Waals surface area contributed by atoms with Gasteiger partial charge in [-0.25, -0.2) is 0 Å². The van der Waals surface area contributed by atoms with E-state index < -0.39 is 8.32 Å². The van der Waals surface area contributed by atoms with Crippen molar-refractivity contribution >= 4 is 14.1 Å². The second-order valence-corrected chi connectivity index (χ2v) is 16.0. The molecule has 0 radical (unpaired) electrons. The molecule has 27 heavy (non-hydrogen) atoms.